The third-order valence-electron chi connectivity index (χ3n) is 3.41. The first-order chi connectivity index (χ1) is 12.2. The van der Waals surface area contributed by atoms with Gasteiger partial charge in [-0.05, 0) is 42.6 Å². The van der Waals surface area contributed by atoms with Crippen molar-refractivity contribution in [1.82, 2.24) is 10.2 Å². The fourth-order valence-electron chi connectivity index (χ4n) is 2.18. The molecular weight excluding hydrogens is 374 g/mol. The van der Waals surface area contributed by atoms with Crippen LogP contribution in [0, 0.1) is 6.92 Å². The SMILES string of the molecule is COc1ccc(N(Cc2cccs2)C(=O)CSc2nnc(C)s2)cc1. The molecule has 0 bridgehead atoms. The van der Waals surface area contributed by atoms with Gasteiger partial charge in [0, 0.05) is 10.6 Å². The lowest BCUT2D eigenvalue weighted by Crippen LogP contribution is -2.31. The van der Waals surface area contributed by atoms with E-state index in [4.69, 9.17) is 4.74 Å². The molecule has 0 saturated heterocycles. The topological polar surface area (TPSA) is 55.3 Å². The molecule has 1 aromatic carbocycles. The van der Waals surface area contributed by atoms with E-state index >= 15 is 0 Å². The van der Waals surface area contributed by atoms with Gasteiger partial charge in [-0.15, -0.1) is 21.5 Å². The molecule has 3 rings (SSSR count). The number of aromatic nitrogens is 2. The van der Waals surface area contributed by atoms with E-state index in [9.17, 15) is 4.79 Å². The zero-order valence-electron chi connectivity index (χ0n) is 13.8. The molecule has 0 radical (unpaired) electrons. The molecule has 0 saturated carbocycles. The third kappa shape index (κ3) is 4.81. The Morgan fingerprint density at radius 2 is 2.04 bits per heavy atom. The minimum absolute atomic E-state index is 0.0384. The van der Waals surface area contributed by atoms with Crippen molar-refractivity contribution in [2.45, 2.75) is 17.8 Å². The van der Waals surface area contributed by atoms with Crippen molar-refractivity contribution >= 4 is 46.0 Å². The minimum atomic E-state index is 0.0384. The third-order valence-corrected chi connectivity index (χ3v) is 6.22. The van der Waals surface area contributed by atoms with E-state index in [1.807, 2.05) is 48.7 Å². The Balaban J connectivity index is 1.75. The minimum Gasteiger partial charge on any atom is -0.497 e. The molecule has 0 aliphatic heterocycles. The Bertz CT molecular complexity index is 816. The molecule has 2 aromatic heterocycles. The molecule has 2 heterocycles. The number of anilines is 1. The maximum Gasteiger partial charge on any atom is 0.237 e. The van der Waals surface area contributed by atoms with Gasteiger partial charge in [0.15, 0.2) is 4.34 Å². The molecule has 0 N–H and O–H groups in total. The van der Waals surface area contributed by atoms with E-state index in [1.54, 1.807) is 23.3 Å². The molecule has 0 atom stereocenters. The predicted molar refractivity (Wildman–Crippen MR) is 104 cm³/mol. The number of nitrogens with zero attached hydrogens (tertiary/aromatic N) is 3. The van der Waals surface area contributed by atoms with Crippen molar-refractivity contribution in [2.24, 2.45) is 0 Å². The number of thioether (sulfide) groups is 1. The number of amides is 1. The monoisotopic (exact) mass is 391 g/mol. The lowest BCUT2D eigenvalue weighted by atomic mass is 10.2. The molecule has 0 spiro atoms. The summed E-state index contributed by atoms with van der Waals surface area (Å²) in [4.78, 5) is 15.8. The van der Waals surface area contributed by atoms with Gasteiger partial charge in [-0.1, -0.05) is 29.2 Å². The molecule has 1 amide bonds. The summed E-state index contributed by atoms with van der Waals surface area (Å²) in [5, 5.41) is 11.0. The fourth-order valence-corrected chi connectivity index (χ4v) is 4.57. The first-order valence-electron chi connectivity index (χ1n) is 7.55. The van der Waals surface area contributed by atoms with Crippen LogP contribution in [0.3, 0.4) is 0 Å². The second-order valence-electron chi connectivity index (χ2n) is 5.13. The number of rotatable bonds is 7. The van der Waals surface area contributed by atoms with E-state index in [2.05, 4.69) is 10.2 Å². The molecule has 0 aliphatic carbocycles. The van der Waals surface area contributed by atoms with Gasteiger partial charge < -0.3 is 9.64 Å². The van der Waals surface area contributed by atoms with Crippen LogP contribution in [0.25, 0.3) is 0 Å². The highest BCUT2D eigenvalue weighted by Crippen LogP contribution is 2.26. The first-order valence-corrected chi connectivity index (χ1v) is 10.2. The van der Waals surface area contributed by atoms with Crippen LogP contribution in [-0.4, -0.2) is 29.0 Å². The number of aryl methyl sites for hydroxylation is 1. The summed E-state index contributed by atoms with van der Waals surface area (Å²) in [6.07, 6.45) is 0. The van der Waals surface area contributed by atoms with Gasteiger partial charge in [-0.25, -0.2) is 0 Å². The molecule has 130 valence electrons. The van der Waals surface area contributed by atoms with Crippen molar-refractivity contribution in [3.05, 3.63) is 51.7 Å². The van der Waals surface area contributed by atoms with Gasteiger partial charge >= 0.3 is 0 Å². The number of hydrogen-bond acceptors (Lipinski definition) is 7. The predicted octanol–water partition coefficient (Wildman–Crippen LogP) is 4.24. The largest absolute Gasteiger partial charge is 0.497 e. The smallest absolute Gasteiger partial charge is 0.237 e. The summed E-state index contributed by atoms with van der Waals surface area (Å²) in [6, 6.07) is 11.6. The average Bonchev–Trinajstić information content (AvgIpc) is 3.29. The van der Waals surface area contributed by atoms with Gasteiger partial charge in [0.05, 0.1) is 19.4 Å². The molecule has 0 aliphatic rings. The van der Waals surface area contributed by atoms with Crippen LogP contribution in [0.5, 0.6) is 5.75 Å². The van der Waals surface area contributed by atoms with Crippen LogP contribution < -0.4 is 9.64 Å². The van der Waals surface area contributed by atoms with E-state index in [0.29, 0.717) is 12.3 Å². The molecule has 0 unspecified atom stereocenters. The fraction of sp³-hybridized carbons (Fsp3) is 0.235. The van der Waals surface area contributed by atoms with Gasteiger partial charge in [0.1, 0.15) is 10.8 Å². The van der Waals surface area contributed by atoms with E-state index in [0.717, 1.165) is 25.7 Å². The second kappa shape index (κ2) is 8.46. The maximum absolute atomic E-state index is 12.8. The van der Waals surface area contributed by atoms with Crippen LogP contribution >= 0.6 is 34.4 Å². The van der Waals surface area contributed by atoms with Crippen molar-refractivity contribution in [2.75, 3.05) is 17.8 Å². The van der Waals surface area contributed by atoms with Gasteiger partial charge in [-0.3, -0.25) is 4.79 Å². The summed E-state index contributed by atoms with van der Waals surface area (Å²) in [7, 11) is 1.63. The van der Waals surface area contributed by atoms with Gasteiger partial charge in [-0.2, -0.15) is 0 Å². The van der Waals surface area contributed by atoms with Crippen molar-refractivity contribution in [1.29, 1.82) is 0 Å². The standard InChI is InChI=1S/C17H17N3O2S3/c1-12-18-19-17(25-12)24-11-16(21)20(10-15-4-3-9-23-15)13-5-7-14(22-2)8-6-13/h3-9H,10-11H2,1-2H3. The Morgan fingerprint density at radius 1 is 1.24 bits per heavy atom. The van der Waals surface area contributed by atoms with Crippen molar-refractivity contribution < 1.29 is 9.53 Å². The number of carbonyl (C=O) groups is 1. The van der Waals surface area contributed by atoms with E-state index in [1.165, 1.54) is 23.1 Å². The summed E-state index contributed by atoms with van der Waals surface area (Å²) in [5.41, 5.74) is 0.855. The summed E-state index contributed by atoms with van der Waals surface area (Å²) in [5.74, 6) is 1.13. The number of methoxy groups -OCH3 is 1. The molecule has 5 nitrogen and oxygen atoms in total. The number of ether oxygens (including phenoxy) is 1. The molecule has 8 heteroatoms. The van der Waals surface area contributed by atoms with Crippen LogP contribution in [0.15, 0.2) is 46.1 Å². The Labute approximate surface area is 158 Å². The maximum atomic E-state index is 12.8. The molecule has 25 heavy (non-hydrogen) atoms. The van der Waals surface area contributed by atoms with E-state index in [-0.39, 0.29) is 5.91 Å². The average molecular weight is 392 g/mol. The zero-order chi connectivity index (χ0) is 17.6. The van der Waals surface area contributed by atoms with Crippen LogP contribution in [0.2, 0.25) is 0 Å². The Hall–Kier alpha value is -1.90. The normalized spacial score (nSPS) is 10.6. The van der Waals surface area contributed by atoms with E-state index < -0.39 is 0 Å². The highest BCUT2D eigenvalue weighted by atomic mass is 32.2. The summed E-state index contributed by atoms with van der Waals surface area (Å²) < 4.78 is 6.02. The van der Waals surface area contributed by atoms with Crippen LogP contribution in [0.1, 0.15) is 9.88 Å². The molecular formula is C17H17N3O2S3. The number of hydrogen-bond donors (Lipinski definition) is 0. The first kappa shape index (κ1) is 17.9. The Morgan fingerprint density at radius 3 is 2.64 bits per heavy atom. The van der Waals surface area contributed by atoms with Crippen LogP contribution in [0.4, 0.5) is 5.69 Å². The molecule has 0 fully saturated rings. The summed E-state index contributed by atoms with van der Waals surface area (Å²) >= 11 is 4.57. The van der Waals surface area contributed by atoms with Gasteiger partial charge in [0.2, 0.25) is 5.91 Å². The quantitative estimate of drug-likeness (QED) is 0.564. The lowest BCUT2D eigenvalue weighted by Gasteiger charge is -2.22. The van der Waals surface area contributed by atoms with Crippen molar-refractivity contribution in [3.63, 3.8) is 0 Å². The molecule has 3 aromatic rings. The highest BCUT2D eigenvalue weighted by Gasteiger charge is 2.18. The number of thiophene rings is 1. The number of benzene rings is 1. The zero-order valence-corrected chi connectivity index (χ0v) is 16.3. The summed E-state index contributed by atoms with van der Waals surface area (Å²) in [6.45, 7) is 2.46. The number of carbonyl (C=O) groups excluding carboxylic acids is 1. The lowest BCUT2D eigenvalue weighted by molar-refractivity contribution is -0.116. The highest BCUT2D eigenvalue weighted by molar-refractivity contribution is 8.01. The second-order valence-corrected chi connectivity index (χ2v) is 8.57. The Kier molecular flexibility index (Phi) is 6.06. The van der Waals surface area contributed by atoms with Crippen molar-refractivity contribution in [3.8, 4) is 5.75 Å². The van der Waals surface area contributed by atoms with Crippen LogP contribution in [-0.2, 0) is 11.3 Å². The van der Waals surface area contributed by atoms with Gasteiger partial charge in [0.25, 0.3) is 0 Å².